The Balaban J connectivity index is 1.54. The summed E-state index contributed by atoms with van der Waals surface area (Å²) in [5.41, 5.74) is 7.80. The quantitative estimate of drug-likeness (QED) is 0.461. The average molecular weight is 497 g/mol. The van der Waals surface area contributed by atoms with Crippen molar-refractivity contribution in [3.8, 4) is 28.5 Å². The number of primary amides is 1. The lowest BCUT2D eigenvalue weighted by Crippen LogP contribution is -2.24. The van der Waals surface area contributed by atoms with Gasteiger partial charge < -0.3 is 20.2 Å². The molecule has 0 bridgehead atoms. The molecule has 3 N–H and O–H groups in total. The number of ether oxygens (including phenoxy) is 2. The van der Waals surface area contributed by atoms with Gasteiger partial charge in [0.1, 0.15) is 5.82 Å². The summed E-state index contributed by atoms with van der Waals surface area (Å²) in [5.74, 6) is 0.719. The first-order chi connectivity index (χ1) is 16.9. The Hall–Kier alpha value is -3.23. The molecule has 35 heavy (non-hydrogen) atoms. The second-order valence-electron chi connectivity index (χ2n) is 8.76. The van der Waals surface area contributed by atoms with Gasteiger partial charge in [0, 0.05) is 48.6 Å². The first kappa shape index (κ1) is 24.9. The van der Waals surface area contributed by atoms with Crippen LogP contribution in [0.15, 0.2) is 47.4 Å². The van der Waals surface area contributed by atoms with Gasteiger partial charge in [-0.1, -0.05) is 24.6 Å². The predicted molar refractivity (Wildman–Crippen MR) is 134 cm³/mol. The number of hydrogen-bond acceptors (Lipinski definition) is 6. The van der Waals surface area contributed by atoms with Gasteiger partial charge in [0.25, 0.3) is 5.56 Å². The molecule has 1 amide bonds. The van der Waals surface area contributed by atoms with Gasteiger partial charge >= 0.3 is 0 Å². The van der Waals surface area contributed by atoms with Gasteiger partial charge in [-0.3, -0.25) is 9.59 Å². The summed E-state index contributed by atoms with van der Waals surface area (Å²) < 4.78 is 11.2. The van der Waals surface area contributed by atoms with E-state index in [4.69, 9.17) is 26.8 Å². The number of rotatable bonds is 9. The first-order valence-corrected chi connectivity index (χ1v) is 12.2. The normalized spacial score (nSPS) is 15.0. The van der Waals surface area contributed by atoms with Crippen molar-refractivity contribution in [3.63, 3.8) is 0 Å². The molecule has 1 atom stereocenters. The highest BCUT2D eigenvalue weighted by Gasteiger charge is 2.17. The second-order valence-corrected chi connectivity index (χ2v) is 9.16. The van der Waals surface area contributed by atoms with E-state index < -0.39 is 0 Å². The Morgan fingerprint density at radius 1 is 1.26 bits per heavy atom. The molecular formula is C26H29ClN4O4. The van der Waals surface area contributed by atoms with E-state index in [2.05, 4.69) is 15.0 Å². The van der Waals surface area contributed by atoms with Crippen molar-refractivity contribution < 1.29 is 14.3 Å². The molecule has 8 nitrogen and oxygen atoms in total. The van der Waals surface area contributed by atoms with Gasteiger partial charge in [0.05, 0.1) is 17.3 Å². The lowest BCUT2D eigenvalue weighted by atomic mass is 9.95. The Labute approximate surface area is 208 Å². The molecule has 0 spiro atoms. The summed E-state index contributed by atoms with van der Waals surface area (Å²) in [7, 11) is 0. The van der Waals surface area contributed by atoms with Crippen LogP contribution < -0.4 is 16.0 Å². The Bertz CT molecular complexity index is 1220. The minimum Gasteiger partial charge on any atom is -0.477 e. The number of hydrogen-bond donors (Lipinski definition) is 2. The second kappa shape index (κ2) is 11.5. The third-order valence-corrected chi connectivity index (χ3v) is 6.57. The van der Waals surface area contributed by atoms with Gasteiger partial charge in [0.15, 0.2) is 0 Å². The fourth-order valence-electron chi connectivity index (χ4n) is 4.08. The maximum atomic E-state index is 12.5. The minimum atomic E-state index is -0.342. The maximum absolute atomic E-state index is 12.5. The van der Waals surface area contributed by atoms with E-state index in [0.717, 1.165) is 31.6 Å². The number of carbonyl (C=O) groups excluding carboxylic acids is 1. The van der Waals surface area contributed by atoms with Crippen LogP contribution in [0.3, 0.4) is 0 Å². The molecule has 1 fully saturated rings. The van der Waals surface area contributed by atoms with E-state index >= 15 is 0 Å². The van der Waals surface area contributed by atoms with Crippen molar-refractivity contribution in [2.75, 3.05) is 19.8 Å². The highest BCUT2D eigenvalue weighted by atomic mass is 35.5. The van der Waals surface area contributed by atoms with E-state index in [1.54, 1.807) is 18.3 Å². The van der Waals surface area contributed by atoms with Gasteiger partial charge in [-0.25, -0.2) is 9.97 Å². The summed E-state index contributed by atoms with van der Waals surface area (Å²) in [6, 6.07) is 10.4. The average Bonchev–Trinajstić information content (AvgIpc) is 2.87. The van der Waals surface area contributed by atoms with Crippen molar-refractivity contribution in [1.29, 1.82) is 0 Å². The van der Waals surface area contributed by atoms with Gasteiger partial charge in [-0.2, -0.15) is 0 Å². The standard InChI is InChI=1S/C26H29ClN4O4/c1-2-18(25(28)33)11-17-3-5-21(27)20(12-17)26-30-22(13-23(32)31-26)19-4-6-24(29-14-19)35-15-16-7-9-34-10-8-16/h3-6,12-14,16,18H,2,7-11,15H2,1H3,(H2,28,33)(H,30,31,32). The Morgan fingerprint density at radius 2 is 2.06 bits per heavy atom. The Kier molecular flexibility index (Phi) is 8.15. The van der Waals surface area contributed by atoms with Gasteiger partial charge in [0.2, 0.25) is 11.8 Å². The lowest BCUT2D eigenvalue weighted by molar-refractivity contribution is -0.121. The molecule has 1 aromatic carbocycles. The molecule has 1 aliphatic rings. The summed E-state index contributed by atoms with van der Waals surface area (Å²) in [4.78, 5) is 35.9. The van der Waals surface area contributed by atoms with Crippen LogP contribution in [0.5, 0.6) is 5.88 Å². The number of carbonyl (C=O) groups is 1. The molecule has 1 saturated heterocycles. The molecule has 3 aromatic rings. The zero-order chi connectivity index (χ0) is 24.8. The van der Waals surface area contributed by atoms with Crippen LogP contribution in [0.25, 0.3) is 22.6 Å². The van der Waals surface area contributed by atoms with Crippen LogP contribution in [0, 0.1) is 11.8 Å². The topological polar surface area (TPSA) is 120 Å². The number of amides is 1. The number of pyridine rings is 1. The van der Waals surface area contributed by atoms with Crippen molar-refractivity contribution in [3.05, 3.63) is 63.5 Å². The summed E-state index contributed by atoms with van der Waals surface area (Å²) in [6.07, 6.45) is 4.74. The van der Waals surface area contributed by atoms with Crippen LogP contribution in [0.4, 0.5) is 0 Å². The van der Waals surface area contributed by atoms with Crippen LogP contribution in [0.1, 0.15) is 31.7 Å². The van der Waals surface area contributed by atoms with Crippen molar-refractivity contribution >= 4 is 17.5 Å². The minimum absolute atomic E-state index is 0.277. The number of halogens is 1. The van der Waals surface area contributed by atoms with E-state index in [9.17, 15) is 9.59 Å². The van der Waals surface area contributed by atoms with Crippen LogP contribution >= 0.6 is 11.6 Å². The van der Waals surface area contributed by atoms with Crippen LogP contribution in [-0.2, 0) is 16.0 Å². The summed E-state index contributed by atoms with van der Waals surface area (Å²) in [6.45, 7) is 4.07. The highest BCUT2D eigenvalue weighted by molar-refractivity contribution is 6.33. The predicted octanol–water partition coefficient (Wildman–Crippen LogP) is 4.01. The van der Waals surface area contributed by atoms with Crippen LogP contribution in [0.2, 0.25) is 5.02 Å². The molecule has 9 heteroatoms. The number of nitrogens with one attached hydrogen (secondary N) is 1. The number of aromatic nitrogens is 3. The van der Waals surface area contributed by atoms with Gasteiger partial charge in [-0.15, -0.1) is 0 Å². The van der Waals surface area contributed by atoms with E-state index in [1.165, 1.54) is 6.07 Å². The molecule has 1 aliphatic heterocycles. The molecule has 184 valence electrons. The maximum Gasteiger partial charge on any atom is 0.251 e. The molecular weight excluding hydrogens is 468 g/mol. The molecule has 0 radical (unpaired) electrons. The molecule has 0 saturated carbocycles. The number of benzene rings is 1. The van der Waals surface area contributed by atoms with E-state index in [-0.39, 0.29) is 17.4 Å². The van der Waals surface area contributed by atoms with Crippen LogP contribution in [-0.4, -0.2) is 40.7 Å². The molecule has 2 aromatic heterocycles. The van der Waals surface area contributed by atoms with E-state index in [1.807, 2.05) is 25.1 Å². The number of H-pyrrole nitrogens is 1. The largest absolute Gasteiger partial charge is 0.477 e. The fraction of sp³-hybridized carbons (Fsp3) is 0.385. The molecule has 0 aliphatic carbocycles. The zero-order valence-corrected chi connectivity index (χ0v) is 20.4. The highest BCUT2D eigenvalue weighted by Crippen LogP contribution is 2.29. The molecule has 4 rings (SSSR count). The smallest absolute Gasteiger partial charge is 0.251 e. The van der Waals surface area contributed by atoms with Crippen molar-refractivity contribution in [2.24, 2.45) is 17.6 Å². The van der Waals surface area contributed by atoms with Crippen molar-refractivity contribution in [2.45, 2.75) is 32.6 Å². The molecule has 3 heterocycles. The summed E-state index contributed by atoms with van der Waals surface area (Å²) >= 11 is 6.44. The lowest BCUT2D eigenvalue weighted by Gasteiger charge is -2.21. The molecule has 1 unspecified atom stereocenters. The fourth-order valence-corrected chi connectivity index (χ4v) is 4.29. The van der Waals surface area contributed by atoms with Gasteiger partial charge in [-0.05, 0) is 55.4 Å². The third kappa shape index (κ3) is 6.46. The SMILES string of the molecule is CCC(Cc1ccc(Cl)c(-c2nc(-c3ccc(OCC4CCOCC4)nc3)cc(=O)[nH]2)c1)C(N)=O. The number of aromatic amines is 1. The zero-order valence-electron chi connectivity index (χ0n) is 19.6. The van der Waals surface area contributed by atoms with E-state index in [0.29, 0.717) is 58.9 Å². The number of nitrogens with two attached hydrogens (primary N) is 1. The summed E-state index contributed by atoms with van der Waals surface area (Å²) in [5, 5.41) is 0.441. The monoisotopic (exact) mass is 496 g/mol. The third-order valence-electron chi connectivity index (χ3n) is 6.24. The number of nitrogens with zero attached hydrogens (tertiary/aromatic N) is 2. The Morgan fingerprint density at radius 3 is 2.74 bits per heavy atom. The first-order valence-electron chi connectivity index (χ1n) is 11.8. The van der Waals surface area contributed by atoms with Crippen molar-refractivity contribution in [1.82, 2.24) is 15.0 Å².